The van der Waals surface area contributed by atoms with Crippen molar-refractivity contribution in [2.24, 2.45) is 0 Å². The monoisotopic (exact) mass is 495 g/mol. The highest BCUT2D eigenvalue weighted by molar-refractivity contribution is 9.10. The number of nitrogens with one attached hydrogen (secondary N) is 2. The normalized spacial score (nSPS) is 17.5. The Morgan fingerprint density at radius 2 is 2.13 bits per heavy atom. The fourth-order valence-electron chi connectivity index (χ4n) is 3.72. The van der Waals surface area contributed by atoms with Gasteiger partial charge in [-0.3, -0.25) is 4.79 Å². The number of rotatable bonds is 4. The first-order valence-electron chi connectivity index (χ1n) is 9.71. The predicted molar refractivity (Wildman–Crippen MR) is 116 cm³/mol. The molecule has 3 N–H and O–H groups in total. The summed E-state index contributed by atoms with van der Waals surface area (Å²) in [5.41, 5.74) is 2.09. The summed E-state index contributed by atoms with van der Waals surface area (Å²) in [6.45, 7) is 5.28. The topological polar surface area (TPSA) is 100 Å². The average molecular weight is 496 g/mol. The molecule has 8 nitrogen and oxygen atoms in total. The Kier molecular flexibility index (Phi) is 5.79. The molecule has 2 aliphatic rings. The van der Waals surface area contributed by atoms with Crippen molar-refractivity contribution in [3.05, 3.63) is 38.2 Å². The summed E-state index contributed by atoms with van der Waals surface area (Å²) in [4.78, 5) is 27.6. The van der Waals surface area contributed by atoms with Crippen molar-refractivity contribution in [2.75, 3.05) is 25.1 Å². The number of phenols is 1. The first-order chi connectivity index (χ1) is 14.4. The van der Waals surface area contributed by atoms with E-state index < -0.39 is 6.17 Å². The lowest BCUT2D eigenvalue weighted by Gasteiger charge is -2.28. The number of anilines is 1. The largest absolute Gasteiger partial charge is 0.504 e. The zero-order valence-electron chi connectivity index (χ0n) is 16.6. The third kappa shape index (κ3) is 3.69. The Labute approximate surface area is 186 Å². The van der Waals surface area contributed by atoms with E-state index in [0.29, 0.717) is 49.6 Å². The minimum Gasteiger partial charge on any atom is -0.504 e. The van der Waals surface area contributed by atoms with Gasteiger partial charge in [-0.25, -0.2) is 4.79 Å². The molecule has 0 fully saturated rings. The molecule has 1 aromatic heterocycles. The Hall–Kier alpha value is -2.46. The lowest BCUT2D eigenvalue weighted by atomic mass is 10.0. The van der Waals surface area contributed by atoms with Crippen LogP contribution in [0.2, 0.25) is 0 Å². The summed E-state index contributed by atoms with van der Waals surface area (Å²) in [7, 11) is 0. The Bertz CT molecular complexity index is 1010. The molecular weight excluding hydrogens is 474 g/mol. The van der Waals surface area contributed by atoms with Gasteiger partial charge in [0.25, 0.3) is 5.91 Å². The molecule has 0 saturated carbocycles. The molecule has 3 heterocycles. The van der Waals surface area contributed by atoms with Crippen LogP contribution in [0.4, 0.5) is 9.80 Å². The molecule has 0 radical (unpaired) electrons. The first kappa shape index (κ1) is 20.8. The molecule has 0 aliphatic carbocycles. The lowest BCUT2D eigenvalue weighted by Crippen LogP contribution is -2.39. The van der Waals surface area contributed by atoms with Gasteiger partial charge >= 0.3 is 6.09 Å². The van der Waals surface area contributed by atoms with Crippen molar-refractivity contribution in [3.63, 3.8) is 0 Å². The number of nitrogens with zero attached hydrogens (tertiary/aromatic N) is 1. The van der Waals surface area contributed by atoms with Crippen LogP contribution in [0.25, 0.3) is 0 Å². The average Bonchev–Trinajstić information content (AvgIpc) is 3.08. The molecule has 4 rings (SSSR count). The Balaban J connectivity index is 1.63. The first-order valence-corrected chi connectivity index (χ1v) is 11.3. The fourth-order valence-corrected chi connectivity index (χ4v) is 5.47. The van der Waals surface area contributed by atoms with Gasteiger partial charge in [0, 0.05) is 21.5 Å². The van der Waals surface area contributed by atoms with Crippen molar-refractivity contribution < 1.29 is 24.2 Å². The molecule has 1 aromatic carbocycles. The molecule has 0 saturated heterocycles. The third-order valence-corrected chi connectivity index (χ3v) is 6.65. The van der Waals surface area contributed by atoms with Gasteiger partial charge in [0.2, 0.25) is 0 Å². The summed E-state index contributed by atoms with van der Waals surface area (Å²) in [6.07, 6.45) is -0.355. The second kappa shape index (κ2) is 8.35. The number of ether oxygens (including phenoxy) is 2. The zero-order chi connectivity index (χ0) is 21.4. The van der Waals surface area contributed by atoms with Crippen LogP contribution in [0.15, 0.2) is 16.6 Å². The number of carbonyl (C=O) groups excluding carboxylic acids is 2. The van der Waals surface area contributed by atoms with Crippen LogP contribution in [-0.2, 0) is 17.7 Å². The van der Waals surface area contributed by atoms with E-state index in [4.69, 9.17) is 9.47 Å². The van der Waals surface area contributed by atoms with Crippen molar-refractivity contribution >= 4 is 44.3 Å². The van der Waals surface area contributed by atoms with Gasteiger partial charge in [-0.05, 0) is 38.0 Å². The van der Waals surface area contributed by atoms with Gasteiger partial charge in [0.05, 0.1) is 25.3 Å². The van der Waals surface area contributed by atoms with E-state index in [1.807, 2.05) is 6.92 Å². The molecule has 1 atom stereocenters. The van der Waals surface area contributed by atoms with Crippen LogP contribution in [0, 0.1) is 0 Å². The highest BCUT2D eigenvalue weighted by Crippen LogP contribution is 2.43. The number of halogens is 1. The van der Waals surface area contributed by atoms with E-state index >= 15 is 0 Å². The summed E-state index contributed by atoms with van der Waals surface area (Å²) in [5, 5.41) is 17.6. The van der Waals surface area contributed by atoms with Gasteiger partial charge < -0.3 is 30.1 Å². The summed E-state index contributed by atoms with van der Waals surface area (Å²) >= 11 is 4.89. The number of carbonyl (C=O) groups is 2. The number of phenolic OH excluding ortho intramolecular Hbond substituents is 1. The number of thiophene rings is 1. The quantitative estimate of drug-likeness (QED) is 0.592. The second-order valence-corrected chi connectivity index (χ2v) is 8.92. The number of fused-ring (bicyclic) bond motifs is 3. The number of benzene rings is 1. The number of hydrogen-bond donors (Lipinski definition) is 3. The molecule has 10 heteroatoms. The van der Waals surface area contributed by atoms with Crippen LogP contribution < -0.4 is 15.4 Å². The fraction of sp³-hybridized carbons (Fsp3) is 0.400. The number of aromatic hydroxyl groups is 1. The summed E-state index contributed by atoms with van der Waals surface area (Å²) in [5.74, 6) is 0.128. The van der Waals surface area contributed by atoms with Gasteiger partial charge in [-0.2, -0.15) is 0 Å². The van der Waals surface area contributed by atoms with Crippen LogP contribution in [0.1, 0.15) is 46.4 Å². The predicted octanol–water partition coefficient (Wildman–Crippen LogP) is 3.98. The summed E-state index contributed by atoms with van der Waals surface area (Å²) in [6, 6.07) is 3.43. The van der Waals surface area contributed by atoms with E-state index in [-0.39, 0.29) is 17.7 Å². The Morgan fingerprint density at radius 1 is 1.33 bits per heavy atom. The summed E-state index contributed by atoms with van der Waals surface area (Å²) < 4.78 is 11.3. The highest BCUT2D eigenvalue weighted by Gasteiger charge is 2.35. The van der Waals surface area contributed by atoms with E-state index in [2.05, 4.69) is 26.6 Å². The van der Waals surface area contributed by atoms with Gasteiger partial charge in [-0.1, -0.05) is 15.9 Å². The van der Waals surface area contributed by atoms with Gasteiger partial charge in [0.15, 0.2) is 11.5 Å². The minimum absolute atomic E-state index is 0.0175. The molecule has 30 heavy (non-hydrogen) atoms. The standard InChI is InChI=1S/C20H22BrN3O5S/c1-3-28-13-8-10(21)7-12(16(13)25)17-22-18(26)15-11-5-6-24(20(27)29-4-2)9-14(11)30-19(15)23-17/h7-8,17,23,25H,3-6,9H2,1-2H3,(H,22,26)/t17-/m0/s1. The lowest BCUT2D eigenvalue weighted by molar-refractivity contribution is 0.0933. The van der Waals surface area contributed by atoms with Crippen molar-refractivity contribution in [3.8, 4) is 11.5 Å². The van der Waals surface area contributed by atoms with E-state index in [1.54, 1.807) is 24.0 Å². The van der Waals surface area contributed by atoms with Gasteiger partial charge in [0.1, 0.15) is 11.2 Å². The van der Waals surface area contributed by atoms with Crippen molar-refractivity contribution in [1.82, 2.24) is 10.2 Å². The maximum atomic E-state index is 13.0. The molecular formula is C20H22BrN3O5S. The molecule has 2 amide bonds. The van der Waals surface area contributed by atoms with E-state index in [1.165, 1.54) is 11.3 Å². The van der Waals surface area contributed by atoms with Crippen LogP contribution in [0.3, 0.4) is 0 Å². The molecule has 0 bridgehead atoms. The zero-order valence-corrected chi connectivity index (χ0v) is 19.0. The molecule has 160 valence electrons. The van der Waals surface area contributed by atoms with E-state index in [9.17, 15) is 14.7 Å². The maximum Gasteiger partial charge on any atom is 0.410 e. The van der Waals surface area contributed by atoms with Crippen molar-refractivity contribution in [2.45, 2.75) is 33.0 Å². The van der Waals surface area contributed by atoms with Gasteiger partial charge in [-0.15, -0.1) is 11.3 Å². The SMILES string of the molecule is CCOC(=O)N1CCc2c(sc3c2C(=O)N[C@H](c2cc(Br)cc(OCC)c2O)N3)C1. The van der Waals surface area contributed by atoms with E-state index in [0.717, 1.165) is 19.9 Å². The molecule has 2 aliphatic heterocycles. The highest BCUT2D eigenvalue weighted by atomic mass is 79.9. The van der Waals surface area contributed by atoms with Crippen molar-refractivity contribution in [1.29, 1.82) is 0 Å². The van der Waals surface area contributed by atoms with Crippen LogP contribution in [0.5, 0.6) is 11.5 Å². The molecule has 0 spiro atoms. The third-order valence-electron chi connectivity index (χ3n) is 5.04. The minimum atomic E-state index is -0.608. The number of amides is 2. The second-order valence-electron chi connectivity index (χ2n) is 6.90. The smallest absolute Gasteiger partial charge is 0.410 e. The maximum absolute atomic E-state index is 13.0. The molecule has 0 unspecified atom stereocenters. The number of hydrogen-bond acceptors (Lipinski definition) is 7. The van der Waals surface area contributed by atoms with Crippen LogP contribution >= 0.6 is 27.3 Å². The molecule has 2 aromatic rings. The van der Waals surface area contributed by atoms with Crippen LogP contribution in [-0.4, -0.2) is 41.8 Å². The Morgan fingerprint density at radius 3 is 2.87 bits per heavy atom.